The van der Waals surface area contributed by atoms with Crippen LogP contribution in [-0.2, 0) is 4.74 Å². The maximum atomic E-state index is 9.61. The maximum Gasteiger partial charge on any atom is 0.0888 e. The number of aliphatic hydroxyl groups is 1. The van der Waals surface area contributed by atoms with E-state index in [-0.39, 0.29) is 12.0 Å². The van der Waals surface area contributed by atoms with Crippen LogP contribution in [0.1, 0.15) is 12.8 Å². The highest BCUT2D eigenvalue weighted by molar-refractivity contribution is 8.02. The third-order valence-electron chi connectivity index (χ3n) is 2.97. The highest BCUT2D eigenvalue weighted by Crippen LogP contribution is 2.33. The topological polar surface area (TPSA) is 41.8 Å². The normalized spacial score (nSPS) is 20.5. The molecule has 0 aromatic carbocycles. The Balaban J connectivity index is 2.94. The van der Waals surface area contributed by atoms with Crippen LogP contribution in [0.4, 0.5) is 0 Å². The standard InChI is InChI=1S/C12H19NO2S/c1-4-11(13-10(2)16-3)12(9-14)5-7-15-8-6-12/h4,14H,1-2,5-9H2,3H3/b13-11+. The summed E-state index contributed by atoms with van der Waals surface area (Å²) in [5, 5.41) is 10.4. The summed E-state index contributed by atoms with van der Waals surface area (Å²) in [5.74, 6) is 0. The van der Waals surface area contributed by atoms with Crippen LogP contribution in [0.5, 0.6) is 0 Å². The van der Waals surface area contributed by atoms with Gasteiger partial charge >= 0.3 is 0 Å². The van der Waals surface area contributed by atoms with E-state index in [9.17, 15) is 5.11 Å². The molecular formula is C12H19NO2S. The quantitative estimate of drug-likeness (QED) is 0.751. The second kappa shape index (κ2) is 6.23. The number of thioether (sulfide) groups is 1. The van der Waals surface area contributed by atoms with Gasteiger partial charge in [0.05, 0.1) is 11.6 Å². The van der Waals surface area contributed by atoms with Gasteiger partial charge in [-0.2, -0.15) is 0 Å². The molecular weight excluding hydrogens is 222 g/mol. The van der Waals surface area contributed by atoms with Gasteiger partial charge in [0.1, 0.15) is 0 Å². The third kappa shape index (κ3) is 2.97. The van der Waals surface area contributed by atoms with Crippen LogP contribution < -0.4 is 0 Å². The van der Waals surface area contributed by atoms with Gasteiger partial charge in [-0.15, -0.1) is 11.8 Å². The third-order valence-corrected chi connectivity index (χ3v) is 3.53. The molecule has 3 nitrogen and oxygen atoms in total. The zero-order valence-corrected chi connectivity index (χ0v) is 10.6. The minimum atomic E-state index is -0.293. The molecule has 16 heavy (non-hydrogen) atoms. The molecule has 0 aliphatic carbocycles. The highest BCUT2D eigenvalue weighted by atomic mass is 32.2. The first-order valence-corrected chi connectivity index (χ1v) is 6.54. The molecule has 0 amide bonds. The molecule has 0 spiro atoms. The Morgan fingerprint density at radius 3 is 2.62 bits per heavy atom. The van der Waals surface area contributed by atoms with E-state index in [1.54, 1.807) is 6.08 Å². The number of aliphatic hydroxyl groups excluding tert-OH is 1. The minimum absolute atomic E-state index is 0.0862. The Kier molecular flexibility index (Phi) is 5.25. The van der Waals surface area contributed by atoms with Crippen molar-refractivity contribution >= 4 is 17.5 Å². The van der Waals surface area contributed by atoms with Gasteiger partial charge in [0.25, 0.3) is 0 Å². The van der Waals surface area contributed by atoms with E-state index in [2.05, 4.69) is 18.2 Å². The second-order valence-corrected chi connectivity index (χ2v) is 4.73. The van der Waals surface area contributed by atoms with Crippen molar-refractivity contribution in [2.45, 2.75) is 12.8 Å². The molecule has 0 radical (unpaired) electrons. The number of ether oxygens (including phenoxy) is 1. The predicted molar refractivity (Wildman–Crippen MR) is 69.9 cm³/mol. The van der Waals surface area contributed by atoms with Crippen LogP contribution in [0.3, 0.4) is 0 Å². The molecule has 1 N–H and O–H groups in total. The number of aliphatic imine (C=N–C) groups is 1. The average Bonchev–Trinajstić information content (AvgIpc) is 2.36. The fraction of sp³-hybridized carbons (Fsp3) is 0.583. The van der Waals surface area contributed by atoms with Crippen molar-refractivity contribution in [3.05, 3.63) is 24.3 Å². The first kappa shape index (κ1) is 13.5. The second-order valence-electron chi connectivity index (χ2n) is 3.85. The summed E-state index contributed by atoms with van der Waals surface area (Å²) in [5.41, 5.74) is 0.538. The van der Waals surface area contributed by atoms with E-state index in [1.807, 2.05) is 6.26 Å². The summed E-state index contributed by atoms with van der Waals surface area (Å²) in [6.07, 6.45) is 5.23. The molecule has 1 fully saturated rings. The molecule has 1 rings (SSSR count). The lowest BCUT2D eigenvalue weighted by Crippen LogP contribution is -2.39. The Labute approximate surface area is 101 Å². The molecule has 1 saturated heterocycles. The van der Waals surface area contributed by atoms with Crippen molar-refractivity contribution in [3.63, 3.8) is 0 Å². The Hall–Kier alpha value is -0.580. The highest BCUT2D eigenvalue weighted by Gasteiger charge is 2.35. The molecule has 0 aromatic heterocycles. The molecule has 0 atom stereocenters. The largest absolute Gasteiger partial charge is 0.395 e. The van der Waals surface area contributed by atoms with E-state index >= 15 is 0 Å². The number of rotatable bonds is 5. The van der Waals surface area contributed by atoms with Crippen LogP contribution in [0.15, 0.2) is 29.3 Å². The van der Waals surface area contributed by atoms with Gasteiger partial charge < -0.3 is 9.84 Å². The summed E-state index contributed by atoms with van der Waals surface area (Å²) < 4.78 is 5.32. The van der Waals surface area contributed by atoms with Gasteiger partial charge in [-0.05, 0) is 25.2 Å². The predicted octanol–water partition coefficient (Wildman–Crippen LogP) is 2.24. The van der Waals surface area contributed by atoms with E-state index in [1.165, 1.54) is 11.8 Å². The van der Waals surface area contributed by atoms with Crippen molar-refractivity contribution in [1.29, 1.82) is 0 Å². The molecule has 0 unspecified atom stereocenters. The van der Waals surface area contributed by atoms with Crippen LogP contribution >= 0.6 is 11.8 Å². The Morgan fingerprint density at radius 1 is 1.56 bits per heavy atom. The van der Waals surface area contributed by atoms with Crippen molar-refractivity contribution in [1.82, 2.24) is 0 Å². The zero-order chi connectivity index (χ0) is 12.0. The summed E-state index contributed by atoms with van der Waals surface area (Å²) in [4.78, 5) is 4.43. The van der Waals surface area contributed by atoms with E-state index in [4.69, 9.17) is 4.74 Å². The van der Waals surface area contributed by atoms with Crippen molar-refractivity contribution in [2.75, 3.05) is 26.1 Å². The van der Waals surface area contributed by atoms with Gasteiger partial charge in [-0.3, -0.25) is 0 Å². The zero-order valence-electron chi connectivity index (χ0n) is 9.74. The lowest BCUT2D eigenvalue weighted by Gasteiger charge is -2.35. The first-order chi connectivity index (χ1) is 7.68. The Bertz CT molecular complexity index is 293. The molecule has 1 aliphatic rings. The van der Waals surface area contributed by atoms with Crippen molar-refractivity contribution < 1.29 is 9.84 Å². The van der Waals surface area contributed by atoms with E-state index in [0.717, 1.165) is 23.6 Å². The minimum Gasteiger partial charge on any atom is -0.395 e. The van der Waals surface area contributed by atoms with E-state index in [0.29, 0.717) is 13.2 Å². The molecule has 0 saturated carbocycles. The van der Waals surface area contributed by atoms with Gasteiger partial charge in [-0.1, -0.05) is 13.2 Å². The van der Waals surface area contributed by atoms with Crippen LogP contribution in [-0.4, -0.2) is 36.9 Å². The first-order valence-electron chi connectivity index (χ1n) is 5.31. The van der Waals surface area contributed by atoms with Gasteiger partial charge in [0.15, 0.2) is 0 Å². The van der Waals surface area contributed by atoms with Crippen LogP contribution in [0.25, 0.3) is 0 Å². The summed E-state index contributed by atoms with van der Waals surface area (Å²) in [7, 11) is 0. The SMILES string of the molecule is C=C/C(=N\C(=C)SC)C1(CO)CCOCC1. The molecule has 0 bridgehead atoms. The molecule has 90 valence electrons. The number of hydrogen-bond donors (Lipinski definition) is 1. The molecule has 1 aliphatic heterocycles. The molecule has 0 aromatic rings. The smallest absolute Gasteiger partial charge is 0.0888 e. The van der Waals surface area contributed by atoms with Crippen molar-refractivity contribution in [2.24, 2.45) is 10.4 Å². The fourth-order valence-corrected chi connectivity index (χ4v) is 2.01. The average molecular weight is 241 g/mol. The summed E-state index contributed by atoms with van der Waals surface area (Å²) in [6.45, 7) is 9.04. The lowest BCUT2D eigenvalue weighted by molar-refractivity contribution is 0.0201. The summed E-state index contributed by atoms with van der Waals surface area (Å²) in [6, 6.07) is 0. The number of nitrogens with zero attached hydrogens (tertiary/aromatic N) is 1. The van der Waals surface area contributed by atoms with E-state index < -0.39 is 0 Å². The molecule has 1 heterocycles. The summed E-state index contributed by atoms with van der Waals surface area (Å²) >= 11 is 1.50. The lowest BCUT2D eigenvalue weighted by atomic mass is 9.76. The Morgan fingerprint density at radius 2 is 2.19 bits per heavy atom. The van der Waals surface area contributed by atoms with Gasteiger partial charge in [0.2, 0.25) is 0 Å². The number of allylic oxidation sites excluding steroid dienone is 1. The maximum absolute atomic E-state index is 9.61. The van der Waals surface area contributed by atoms with Gasteiger partial charge in [0, 0.05) is 24.3 Å². The monoisotopic (exact) mass is 241 g/mol. The van der Waals surface area contributed by atoms with Crippen LogP contribution in [0, 0.1) is 5.41 Å². The van der Waals surface area contributed by atoms with Crippen LogP contribution in [0.2, 0.25) is 0 Å². The number of hydrogen-bond acceptors (Lipinski definition) is 4. The fourth-order valence-electron chi connectivity index (χ4n) is 1.82. The molecule has 4 heteroatoms. The van der Waals surface area contributed by atoms with Crippen molar-refractivity contribution in [3.8, 4) is 0 Å². The van der Waals surface area contributed by atoms with Gasteiger partial charge in [-0.25, -0.2) is 4.99 Å².